The summed E-state index contributed by atoms with van der Waals surface area (Å²) in [6, 6.07) is 18.1. The van der Waals surface area contributed by atoms with Gasteiger partial charge >= 0.3 is 0 Å². The van der Waals surface area contributed by atoms with Gasteiger partial charge in [0.05, 0.1) is 11.7 Å². The van der Waals surface area contributed by atoms with Gasteiger partial charge < -0.3 is 9.72 Å². The molecule has 2 heteroatoms. The molecule has 0 unspecified atom stereocenters. The Bertz CT molecular complexity index is 613. The average molecular weight is 222 g/mol. The topological polar surface area (TPSA) is 25.0 Å². The zero-order valence-corrected chi connectivity index (χ0v) is 9.31. The van der Waals surface area contributed by atoms with Crippen molar-refractivity contribution in [2.75, 3.05) is 0 Å². The van der Waals surface area contributed by atoms with Gasteiger partial charge in [-0.1, -0.05) is 42.5 Å². The molecule has 1 heterocycles. The first-order valence-electron chi connectivity index (χ1n) is 5.58. The van der Waals surface area contributed by atoms with Crippen LogP contribution in [-0.2, 0) is 6.61 Å². The van der Waals surface area contributed by atoms with Crippen molar-refractivity contribution in [1.29, 1.82) is 0 Å². The fourth-order valence-electron chi connectivity index (χ4n) is 1.84. The van der Waals surface area contributed by atoms with Crippen LogP contribution >= 0.6 is 0 Å². The maximum absolute atomic E-state index is 5.81. The summed E-state index contributed by atoms with van der Waals surface area (Å²) in [7, 11) is 0. The van der Waals surface area contributed by atoms with Gasteiger partial charge in [0.25, 0.3) is 0 Å². The van der Waals surface area contributed by atoms with E-state index in [1.54, 1.807) is 0 Å². The molecule has 1 N–H and O–H groups in total. The molecule has 0 aliphatic heterocycles. The Hall–Kier alpha value is -2.22. The number of ether oxygens (including phenoxy) is 1. The van der Waals surface area contributed by atoms with Crippen molar-refractivity contribution in [1.82, 2.24) is 4.98 Å². The Morgan fingerprint density at radius 3 is 2.76 bits per heavy atom. The van der Waals surface area contributed by atoms with Gasteiger partial charge in [-0.2, -0.15) is 0 Å². The van der Waals surface area contributed by atoms with Crippen LogP contribution in [-0.4, -0.2) is 4.98 Å². The van der Waals surface area contributed by atoms with Gasteiger partial charge in [-0.25, -0.2) is 0 Å². The monoisotopic (exact) mass is 222 g/mol. The van der Waals surface area contributed by atoms with E-state index in [-0.39, 0.29) is 0 Å². The molecule has 0 aliphatic rings. The molecule has 0 aliphatic carbocycles. The normalized spacial score (nSPS) is 10.6. The lowest BCUT2D eigenvalue weighted by molar-refractivity contribution is 0.309. The van der Waals surface area contributed by atoms with E-state index < -0.39 is 0 Å². The molecule has 2 nitrogen and oxygen atoms in total. The van der Waals surface area contributed by atoms with Crippen molar-refractivity contribution in [3.8, 4) is 5.75 Å². The molecule has 0 saturated carbocycles. The summed E-state index contributed by atoms with van der Waals surface area (Å²) in [5, 5.41) is 1.12. The fourth-order valence-corrected chi connectivity index (χ4v) is 1.84. The lowest BCUT2D eigenvalue weighted by atomic mass is 10.2. The van der Waals surface area contributed by atoms with E-state index in [1.165, 1.54) is 5.56 Å². The molecule has 0 fully saturated rings. The van der Waals surface area contributed by atoms with Crippen LogP contribution in [0.3, 0.4) is 0 Å². The maximum Gasteiger partial charge on any atom is 0.143 e. The maximum atomic E-state index is 5.81. The summed E-state index contributed by atoms with van der Waals surface area (Å²) in [5.74, 6) is 0.868. The van der Waals surface area contributed by atoms with Crippen LogP contribution in [0.2, 0.25) is 0 Å². The van der Waals surface area contributed by atoms with Crippen LogP contribution in [0.4, 0.5) is 0 Å². The molecule has 2 aromatic carbocycles. The van der Waals surface area contributed by atoms with Crippen molar-refractivity contribution in [3.05, 3.63) is 66.4 Å². The minimum Gasteiger partial charge on any atom is -0.487 e. The minimum atomic E-state index is 0.582. The number of hydrogen-bond acceptors (Lipinski definition) is 1. The molecule has 1 radical (unpaired) electrons. The SMILES string of the molecule is [c]1cc2cccc(OCc3ccccc3)c2[nH]1. The number of H-pyrrole nitrogens is 1. The highest BCUT2D eigenvalue weighted by atomic mass is 16.5. The lowest BCUT2D eigenvalue weighted by Gasteiger charge is -2.07. The average Bonchev–Trinajstić information content (AvgIpc) is 2.86. The number of aromatic nitrogens is 1. The van der Waals surface area contributed by atoms with Crippen molar-refractivity contribution < 1.29 is 4.74 Å². The zero-order chi connectivity index (χ0) is 11.5. The molecule has 0 atom stereocenters. The third-order valence-corrected chi connectivity index (χ3v) is 2.72. The van der Waals surface area contributed by atoms with Gasteiger partial charge in [0.1, 0.15) is 12.4 Å². The van der Waals surface area contributed by atoms with Gasteiger partial charge in [-0.15, -0.1) is 0 Å². The number of nitrogens with one attached hydrogen (secondary N) is 1. The van der Waals surface area contributed by atoms with Crippen molar-refractivity contribution >= 4 is 10.9 Å². The van der Waals surface area contributed by atoms with Crippen LogP contribution in [0.1, 0.15) is 5.56 Å². The Balaban J connectivity index is 1.84. The van der Waals surface area contributed by atoms with Gasteiger partial charge in [-0.3, -0.25) is 0 Å². The van der Waals surface area contributed by atoms with Crippen LogP contribution in [0, 0.1) is 6.20 Å². The van der Waals surface area contributed by atoms with Gasteiger partial charge in [0.2, 0.25) is 0 Å². The molecule has 0 spiro atoms. The molecular weight excluding hydrogens is 210 g/mol. The molecule has 3 rings (SSSR count). The number of aromatic amines is 1. The lowest BCUT2D eigenvalue weighted by Crippen LogP contribution is -1.95. The number of hydrogen-bond donors (Lipinski definition) is 1. The summed E-state index contributed by atoms with van der Waals surface area (Å²) in [6.07, 6.45) is 2.97. The number of rotatable bonds is 3. The standard InChI is InChI=1S/C15H12NO/c1-2-5-12(6-3-1)11-17-14-8-4-7-13-9-10-16-15(13)14/h1-9,16H,11H2. The molecule has 3 aromatic rings. The highest BCUT2D eigenvalue weighted by Crippen LogP contribution is 2.24. The third-order valence-electron chi connectivity index (χ3n) is 2.72. The van der Waals surface area contributed by atoms with Crippen molar-refractivity contribution in [2.45, 2.75) is 6.61 Å². The Kier molecular flexibility index (Phi) is 2.54. The molecule has 83 valence electrons. The number of fused-ring (bicyclic) bond motifs is 1. The van der Waals surface area contributed by atoms with Crippen LogP contribution in [0.5, 0.6) is 5.75 Å². The quantitative estimate of drug-likeness (QED) is 0.720. The highest BCUT2D eigenvalue weighted by molar-refractivity contribution is 5.84. The van der Waals surface area contributed by atoms with Gasteiger partial charge in [0.15, 0.2) is 0 Å². The zero-order valence-electron chi connectivity index (χ0n) is 9.31. The Labute approximate surface area is 99.9 Å². The first-order chi connectivity index (χ1) is 8.43. The van der Waals surface area contributed by atoms with Crippen LogP contribution < -0.4 is 4.74 Å². The van der Waals surface area contributed by atoms with Crippen LogP contribution in [0.25, 0.3) is 10.9 Å². The molecule has 0 bridgehead atoms. The highest BCUT2D eigenvalue weighted by Gasteiger charge is 2.02. The molecular formula is C15H12NO. The van der Waals surface area contributed by atoms with Gasteiger partial charge in [-0.05, 0) is 17.7 Å². The van der Waals surface area contributed by atoms with Crippen molar-refractivity contribution in [2.24, 2.45) is 0 Å². The van der Waals surface area contributed by atoms with E-state index in [2.05, 4.69) is 23.3 Å². The first kappa shape index (κ1) is 9.97. The van der Waals surface area contributed by atoms with E-state index in [0.717, 1.165) is 16.7 Å². The van der Waals surface area contributed by atoms with E-state index in [9.17, 15) is 0 Å². The second-order valence-corrected chi connectivity index (χ2v) is 3.91. The summed E-state index contributed by atoms with van der Waals surface area (Å²) < 4.78 is 5.81. The van der Waals surface area contributed by atoms with Crippen molar-refractivity contribution in [3.63, 3.8) is 0 Å². The largest absolute Gasteiger partial charge is 0.487 e. The number of benzene rings is 2. The predicted octanol–water partition coefficient (Wildman–Crippen LogP) is 3.55. The summed E-state index contributed by atoms with van der Waals surface area (Å²) in [4.78, 5) is 3.07. The third kappa shape index (κ3) is 2.02. The van der Waals surface area contributed by atoms with E-state index in [1.807, 2.05) is 42.5 Å². The molecule has 1 aromatic heterocycles. The smallest absolute Gasteiger partial charge is 0.143 e. The molecule has 0 saturated heterocycles. The number of para-hydroxylation sites is 1. The fraction of sp³-hybridized carbons (Fsp3) is 0.0667. The van der Waals surface area contributed by atoms with Gasteiger partial charge in [0, 0.05) is 5.39 Å². The summed E-state index contributed by atoms with van der Waals surface area (Å²) >= 11 is 0. The first-order valence-corrected chi connectivity index (χ1v) is 5.58. The minimum absolute atomic E-state index is 0.582. The summed E-state index contributed by atoms with van der Waals surface area (Å²) in [6.45, 7) is 0.582. The van der Waals surface area contributed by atoms with E-state index in [4.69, 9.17) is 4.74 Å². The second-order valence-electron chi connectivity index (χ2n) is 3.91. The molecule has 17 heavy (non-hydrogen) atoms. The van der Waals surface area contributed by atoms with E-state index >= 15 is 0 Å². The Morgan fingerprint density at radius 2 is 1.88 bits per heavy atom. The molecule has 0 amide bonds. The second kappa shape index (κ2) is 4.34. The van der Waals surface area contributed by atoms with E-state index in [0.29, 0.717) is 6.61 Å². The Morgan fingerprint density at radius 1 is 1.00 bits per heavy atom. The summed E-state index contributed by atoms with van der Waals surface area (Å²) in [5.41, 5.74) is 2.17. The van der Waals surface area contributed by atoms with Crippen LogP contribution in [0.15, 0.2) is 54.6 Å². The predicted molar refractivity (Wildman–Crippen MR) is 67.9 cm³/mol.